The Morgan fingerprint density at radius 2 is 1.91 bits per heavy atom. The van der Waals surface area contributed by atoms with Crippen molar-refractivity contribution in [3.05, 3.63) is 48.5 Å². The van der Waals surface area contributed by atoms with E-state index in [1.54, 1.807) is 18.7 Å². The largest absolute Gasteiger partial charge is 0.353 e. The summed E-state index contributed by atoms with van der Waals surface area (Å²) in [6.45, 7) is 4.96. The lowest BCUT2D eigenvalue weighted by molar-refractivity contribution is 0.256. The van der Waals surface area contributed by atoms with Crippen LogP contribution in [0.5, 0.6) is 0 Å². The second-order valence-corrected chi connectivity index (χ2v) is 6.96. The van der Waals surface area contributed by atoms with Gasteiger partial charge in [-0.3, -0.25) is 0 Å². The molecule has 1 unspecified atom stereocenters. The van der Waals surface area contributed by atoms with Crippen molar-refractivity contribution in [2.45, 2.75) is 38.1 Å². The predicted octanol–water partition coefficient (Wildman–Crippen LogP) is 3.81. The van der Waals surface area contributed by atoms with Crippen LogP contribution >= 0.6 is 0 Å². The van der Waals surface area contributed by atoms with E-state index in [-0.39, 0.29) is 0 Å². The number of benzene rings is 1. The maximum Gasteiger partial charge on any atom is 0.115 e. The Hall–Kier alpha value is -1.94. The van der Waals surface area contributed by atoms with Crippen molar-refractivity contribution in [3.63, 3.8) is 0 Å². The molecule has 4 nitrogen and oxygen atoms in total. The van der Waals surface area contributed by atoms with E-state index in [4.69, 9.17) is 0 Å². The maximum absolute atomic E-state index is 4.02. The molecule has 120 valence electrons. The van der Waals surface area contributed by atoms with Gasteiger partial charge < -0.3 is 10.2 Å². The Labute approximate surface area is 138 Å². The summed E-state index contributed by atoms with van der Waals surface area (Å²) < 4.78 is 0. The highest BCUT2D eigenvalue weighted by molar-refractivity contribution is 5.58. The van der Waals surface area contributed by atoms with E-state index in [1.165, 1.54) is 37.9 Å². The Bertz CT molecular complexity index is 640. The Morgan fingerprint density at radius 1 is 1.13 bits per heavy atom. The van der Waals surface area contributed by atoms with Crippen LogP contribution < -0.4 is 5.32 Å². The summed E-state index contributed by atoms with van der Waals surface area (Å²) in [5.41, 5.74) is 3.50. The van der Waals surface area contributed by atoms with Gasteiger partial charge in [0.2, 0.25) is 0 Å². The number of nitrogens with one attached hydrogen (secondary N) is 1. The zero-order valence-electron chi connectivity index (χ0n) is 13.7. The number of hydrogen-bond donors (Lipinski definition) is 1. The van der Waals surface area contributed by atoms with Gasteiger partial charge in [0.25, 0.3) is 0 Å². The first kappa shape index (κ1) is 14.6. The molecular weight excluding hydrogens is 284 g/mol. The fraction of sp³-hybridized carbons (Fsp3) is 0.474. The maximum atomic E-state index is 4.02. The highest BCUT2D eigenvalue weighted by atomic mass is 15.2. The highest BCUT2D eigenvalue weighted by Gasteiger charge is 2.40. The normalized spacial score (nSPS) is 27.1. The number of anilines is 2. The van der Waals surface area contributed by atoms with Crippen LogP contribution in [0.2, 0.25) is 0 Å². The predicted molar refractivity (Wildman–Crippen MR) is 92.9 cm³/mol. The molecule has 1 aromatic carbocycles. The Kier molecular flexibility index (Phi) is 4.00. The third-order valence-electron chi connectivity index (χ3n) is 5.27. The number of likely N-dealkylation sites (tertiary alicyclic amines) is 1. The molecule has 0 radical (unpaired) electrons. The van der Waals surface area contributed by atoms with E-state index in [9.17, 15) is 0 Å². The summed E-state index contributed by atoms with van der Waals surface area (Å²) in [6, 6.07) is 9.65. The molecule has 1 aliphatic carbocycles. The lowest BCUT2D eigenvalue weighted by atomic mass is 10.1. The highest BCUT2D eigenvalue weighted by Crippen LogP contribution is 2.48. The SMILES string of the molecule is C[C@H]1CCCN1CC1C[C@@H]1c1ccc(Nc2cncnc2)cc1. The van der Waals surface area contributed by atoms with Crippen LogP contribution in [-0.2, 0) is 0 Å². The summed E-state index contributed by atoms with van der Waals surface area (Å²) in [7, 11) is 0. The van der Waals surface area contributed by atoms with Gasteiger partial charge in [-0.1, -0.05) is 12.1 Å². The fourth-order valence-corrected chi connectivity index (χ4v) is 3.77. The molecule has 2 aromatic rings. The zero-order valence-corrected chi connectivity index (χ0v) is 13.7. The van der Waals surface area contributed by atoms with Crippen molar-refractivity contribution in [1.82, 2.24) is 14.9 Å². The molecule has 4 heteroatoms. The minimum absolute atomic E-state index is 0.761. The molecular formula is C19H24N4. The molecule has 2 fully saturated rings. The van der Waals surface area contributed by atoms with Crippen LogP contribution in [0.25, 0.3) is 0 Å². The van der Waals surface area contributed by atoms with E-state index in [0.29, 0.717) is 0 Å². The Morgan fingerprint density at radius 3 is 2.61 bits per heavy atom. The number of nitrogens with zero attached hydrogens (tertiary/aromatic N) is 3. The number of aromatic nitrogens is 2. The van der Waals surface area contributed by atoms with Crippen molar-refractivity contribution >= 4 is 11.4 Å². The summed E-state index contributed by atoms with van der Waals surface area (Å²) in [5, 5.41) is 3.33. The van der Waals surface area contributed by atoms with Crippen LogP contribution in [0.4, 0.5) is 11.4 Å². The minimum Gasteiger partial charge on any atom is -0.353 e. The molecule has 1 aromatic heterocycles. The average Bonchev–Trinajstić information content (AvgIpc) is 3.23. The Balaban J connectivity index is 1.34. The third kappa shape index (κ3) is 3.37. The molecule has 1 aliphatic heterocycles. The second kappa shape index (κ2) is 6.28. The molecule has 3 atom stereocenters. The average molecular weight is 308 g/mol. The monoisotopic (exact) mass is 308 g/mol. The van der Waals surface area contributed by atoms with Crippen LogP contribution in [-0.4, -0.2) is 34.0 Å². The van der Waals surface area contributed by atoms with Gasteiger partial charge in [-0.25, -0.2) is 9.97 Å². The molecule has 2 heterocycles. The minimum atomic E-state index is 0.761. The summed E-state index contributed by atoms with van der Waals surface area (Å²) in [4.78, 5) is 10.7. The molecule has 1 N–H and O–H groups in total. The summed E-state index contributed by atoms with van der Waals surface area (Å²) in [6.07, 6.45) is 9.22. The smallest absolute Gasteiger partial charge is 0.115 e. The quantitative estimate of drug-likeness (QED) is 0.912. The summed E-state index contributed by atoms with van der Waals surface area (Å²) in [5.74, 6) is 1.62. The van der Waals surface area contributed by atoms with Crippen molar-refractivity contribution in [2.24, 2.45) is 5.92 Å². The summed E-state index contributed by atoms with van der Waals surface area (Å²) >= 11 is 0. The molecule has 0 amide bonds. The first-order valence-electron chi connectivity index (χ1n) is 8.65. The van der Waals surface area contributed by atoms with Gasteiger partial charge in [0.15, 0.2) is 0 Å². The molecule has 0 bridgehead atoms. The fourth-order valence-electron chi connectivity index (χ4n) is 3.77. The molecule has 23 heavy (non-hydrogen) atoms. The van der Waals surface area contributed by atoms with Crippen LogP contribution in [0.15, 0.2) is 43.0 Å². The van der Waals surface area contributed by atoms with E-state index < -0.39 is 0 Å². The molecule has 0 spiro atoms. The van der Waals surface area contributed by atoms with Crippen molar-refractivity contribution in [2.75, 3.05) is 18.4 Å². The lowest BCUT2D eigenvalue weighted by Gasteiger charge is -2.20. The standard InChI is InChI=1S/C19H24N4/c1-14-3-2-8-23(14)12-16-9-19(16)15-4-6-17(7-5-15)22-18-10-20-13-21-11-18/h4-7,10-11,13-14,16,19,22H,2-3,8-9,12H2,1H3/t14-,16?,19+/m0/s1. The van der Waals surface area contributed by atoms with E-state index in [0.717, 1.165) is 29.3 Å². The lowest BCUT2D eigenvalue weighted by Crippen LogP contribution is -2.29. The number of hydrogen-bond acceptors (Lipinski definition) is 4. The van der Waals surface area contributed by atoms with E-state index in [2.05, 4.69) is 51.4 Å². The first-order chi connectivity index (χ1) is 11.3. The van der Waals surface area contributed by atoms with Gasteiger partial charge in [0.1, 0.15) is 6.33 Å². The van der Waals surface area contributed by atoms with E-state index >= 15 is 0 Å². The van der Waals surface area contributed by atoms with Gasteiger partial charge in [-0.05, 0) is 62.3 Å². The molecule has 1 saturated heterocycles. The van der Waals surface area contributed by atoms with Crippen LogP contribution in [0.1, 0.15) is 37.7 Å². The van der Waals surface area contributed by atoms with Gasteiger partial charge in [-0.15, -0.1) is 0 Å². The molecule has 2 aliphatic rings. The van der Waals surface area contributed by atoms with Crippen molar-refractivity contribution in [3.8, 4) is 0 Å². The third-order valence-corrected chi connectivity index (χ3v) is 5.27. The van der Waals surface area contributed by atoms with Crippen molar-refractivity contribution < 1.29 is 0 Å². The van der Waals surface area contributed by atoms with Gasteiger partial charge >= 0.3 is 0 Å². The van der Waals surface area contributed by atoms with E-state index in [1.807, 2.05) is 0 Å². The molecule has 4 rings (SSSR count). The van der Waals surface area contributed by atoms with Gasteiger partial charge in [0, 0.05) is 18.3 Å². The number of rotatable bonds is 5. The second-order valence-electron chi connectivity index (χ2n) is 6.96. The van der Waals surface area contributed by atoms with Crippen LogP contribution in [0, 0.1) is 5.92 Å². The molecule has 1 saturated carbocycles. The van der Waals surface area contributed by atoms with Crippen LogP contribution in [0.3, 0.4) is 0 Å². The van der Waals surface area contributed by atoms with Crippen molar-refractivity contribution in [1.29, 1.82) is 0 Å². The van der Waals surface area contributed by atoms with Gasteiger partial charge in [-0.2, -0.15) is 0 Å². The van der Waals surface area contributed by atoms with Gasteiger partial charge in [0.05, 0.1) is 18.1 Å². The zero-order chi connectivity index (χ0) is 15.6. The topological polar surface area (TPSA) is 41.0 Å². The first-order valence-corrected chi connectivity index (χ1v) is 8.65.